The van der Waals surface area contributed by atoms with Gasteiger partial charge in [0.1, 0.15) is 5.56 Å². The van der Waals surface area contributed by atoms with Crippen molar-refractivity contribution < 1.29 is 9.72 Å². The first-order chi connectivity index (χ1) is 8.09. The van der Waals surface area contributed by atoms with Crippen LogP contribution < -0.4 is 0 Å². The van der Waals surface area contributed by atoms with Crippen molar-refractivity contribution in [2.45, 2.75) is 19.8 Å². The van der Waals surface area contributed by atoms with Crippen LogP contribution in [0.2, 0.25) is 0 Å². The van der Waals surface area contributed by atoms with Gasteiger partial charge in [-0.15, -0.1) is 0 Å². The molecule has 0 unspecified atom stereocenters. The second-order valence-electron chi connectivity index (χ2n) is 4.28. The van der Waals surface area contributed by atoms with Crippen molar-refractivity contribution in [3.63, 3.8) is 0 Å². The Hall–Kier alpha value is -1.91. The molecule has 17 heavy (non-hydrogen) atoms. The number of nitro groups is 1. The molecule has 0 spiro atoms. The summed E-state index contributed by atoms with van der Waals surface area (Å²) in [5, 5.41) is 10.9. The number of amides is 1. The first-order valence-corrected chi connectivity index (χ1v) is 5.64. The van der Waals surface area contributed by atoms with E-state index in [4.69, 9.17) is 0 Å². The Bertz CT molecular complexity index is 465. The van der Waals surface area contributed by atoms with Crippen molar-refractivity contribution in [2.24, 2.45) is 0 Å². The number of rotatable bonds is 2. The molecule has 0 saturated carbocycles. The Labute approximate surface area is 99.2 Å². The fourth-order valence-corrected chi connectivity index (χ4v) is 2.07. The molecule has 0 aliphatic carbocycles. The number of likely N-dealkylation sites (tertiary alicyclic amines) is 1. The van der Waals surface area contributed by atoms with E-state index < -0.39 is 4.92 Å². The Balaban J connectivity index is 2.38. The number of nitrogens with zero attached hydrogens (tertiary/aromatic N) is 2. The quantitative estimate of drug-likeness (QED) is 0.581. The van der Waals surface area contributed by atoms with Gasteiger partial charge in [0.2, 0.25) is 0 Å². The number of nitro benzene ring substituents is 1. The number of benzene rings is 1. The Morgan fingerprint density at radius 1 is 1.35 bits per heavy atom. The number of hydrogen-bond donors (Lipinski definition) is 0. The molecule has 2 rings (SSSR count). The van der Waals surface area contributed by atoms with Gasteiger partial charge in [0.05, 0.1) is 4.92 Å². The summed E-state index contributed by atoms with van der Waals surface area (Å²) >= 11 is 0. The molecule has 1 aromatic carbocycles. The number of hydrogen-bond acceptors (Lipinski definition) is 3. The maximum atomic E-state index is 12.1. The third kappa shape index (κ3) is 2.27. The van der Waals surface area contributed by atoms with Gasteiger partial charge in [0.15, 0.2) is 0 Å². The maximum absolute atomic E-state index is 12.1. The van der Waals surface area contributed by atoms with Crippen molar-refractivity contribution in [2.75, 3.05) is 13.1 Å². The highest BCUT2D eigenvalue weighted by molar-refractivity contribution is 5.98. The molecule has 1 aliphatic heterocycles. The van der Waals surface area contributed by atoms with E-state index in [9.17, 15) is 14.9 Å². The van der Waals surface area contributed by atoms with Gasteiger partial charge < -0.3 is 4.90 Å². The molecule has 1 heterocycles. The largest absolute Gasteiger partial charge is 0.338 e. The molecule has 0 N–H and O–H groups in total. The van der Waals surface area contributed by atoms with Crippen molar-refractivity contribution in [1.29, 1.82) is 0 Å². The van der Waals surface area contributed by atoms with Gasteiger partial charge in [-0.25, -0.2) is 0 Å². The van der Waals surface area contributed by atoms with Gasteiger partial charge >= 0.3 is 0 Å². The molecule has 0 radical (unpaired) electrons. The topological polar surface area (TPSA) is 63.5 Å². The summed E-state index contributed by atoms with van der Waals surface area (Å²) in [5.74, 6) is -0.224. The van der Waals surface area contributed by atoms with E-state index in [-0.39, 0.29) is 17.2 Å². The molecule has 1 aromatic rings. The molecule has 90 valence electrons. The lowest BCUT2D eigenvalue weighted by Gasteiger charge is -2.15. The van der Waals surface area contributed by atoms with Crippen LogP contribution in [0.15, 0.2) is 18.2 Å². The Kier molecular flexibility index (Phi) is 3.08. The van der Waals surface area contributed by atoms with Gasteiger partial charge in [0.25, 0.3) is 11.6 Å². The third-order valence-electron chi connectivity index (χ3n) is 2.97. The lowest BCUT2D eigenvalue weighted by molar-refractivity contribution is -0.385. The van der Waals surface area contributed by atoms with E-state index in [0.29, 0.717) is 13.1 Å². The summed E-state index contributed by atoms with van der Waals surface area (Å²) in [6, 6.07) is 4.65. The number of carbonyl (C=O) groups is 1. The van der Waals surface area contributed by atoms with Gasteiger partial charge in [-0.05, 0) is 31.4 Å². The summed E-state index contributed by atoms with van der Waals surface area (Å²) in [5.41, 5.74) is 0.961. The predicted octanol–water partition coefficient (Wildman–Crippen LogP) is 2.14. The van der Waals surface area contributed by atoms with Crippen LogP contribution in [0.1, 0.15) is 28.8 Å². The highest BCUT2D eigenvalue weighted by Gasteiger charge is 2.26. The molecular weight excluding hydrogens is 220 g/mol. The monoisotopic (exact) mass is 234 g/mol. The van der Waals surface area contributed by atoms with E-state index in [1.54, 1.807) is 17.0 Å². The van der Waals surface area contributed by atoms with Crippen LogP contribution in [0.3, 0.4) is 0 Å². The molecule has 0 atom stereocenters. The molecule has 1 fully saturated rings. The average Bonchev–Trinajstić information content (AvgIpc) is 2.80. The lowest BCUT2D eigenvalue weighted by Crippen LogP contribution is -2.28. The number of carbonyl (C=O) groups excluding carboxylic acids is 1. The van der Waals surface area contributed by atoms with Crippen LogP contribution in [0.5, 0.6) is 0 Å². The van der Waals surface area contributed by atoms with Crippen LogP contribution >= 0.6 is 0 Å². The smallest absolute Gasteiger partial charge is 0.282 e. The Morgan fingerprint density at radius 2 is 2.00 bits per heavy atom. The predicted molar refractivity (Wildman–Crippen MR) is 63.0 cm³/mol. The van der Waals surface area contributed by atoms with E-state index >= 15 is 0 Å². The zero-order valence-corrected chi connectivity index (χ0v) is 9.68. The van der Waals surface area contributed by atoms with E-state index in [1.807, 2.05) is 6.92 Å². The van der Waals surface area contributed by atoms with E-state index in [1.165, 1.54) is 6.07 Å². The molecular formula is C12H14N2O3. The Morgan fingerprint density at radius 3 is 2.59 bits per heavy atom. The standard InChI is InChI=1S/C12H14N2O3/c1-9-4-5-11(14(16)17)10(8-9)12(15)13-6-2-3-7-13/h4-5,8H,2-3,6-7H2,1H3. The molecule has 0 bridgehead atoms. The van der Waals surface area contributed by atoms with Crippen LogP contribution in [-0.2, 0) is 0 Å². The van der Waals surface area contributed by atoms with Crippen molar-refractivity contribution in [3.05, 3.63) is 39.4 Å². The fraction of sp³-hybridized carbons (Fsp3) is 0.417. The summed E-state index contributed by atoms with van der Waals surface area (Å²) < 4.78 is 0. The minimum atomic E-state index is -0.497. The minimum absolute atomic E-state index is 0.104. The second kappa shape index (κ2) is 4.53. The van der Waals surface area contributed by atoms with Gasteiger partial charge in [-0.3, -0.25) is 14.9 Å². The third-order valence-corrected chi connectivity index (χ3v) is 2.97. The highest BCUT2D eigenvalue weighted by Crippen LogP contribution is 2.23. The maximum Gasteiger partial charge on any atom is 0.282 e. The van der Waals surface area contributed by atoms with Crippen molar-refractivity contribution >= 4 is 11.6 Å². The van der Waals surface area contributed by atoms with Gasteiger partial charge in [-0.2, -0.15) is 0 Å². The first kappa shape index (κ1) is 11.6. The van der Waals surface area contributed by atoms with Gasteiger partial charge in [0, 0.05) is 19.2 Å². The lowest BCUT2D eigenvalue weighted by atomic mass is 10.1. The average molecular weight is 234 g/mol. The molecule has 0 aromatic heterocycles. The van der Waals surface area contributed by atoms with Crippen LogP contribution in [-0.4, -0.2) is 28.8 Å². The van der Waals surface area contributed by atoms with Crippen LogP contribution in [0.4, 0.5) is 5.69 Å². The zero-order chi connectivity index (χ0) is 12.4. The van der Waals surface area contributed by atoms with Crippen LogP contribution in [0.25, 0.3) is 0 Å². The number of aryl methyl sites for hydroxylation is 1. The first-order valence-electron chi connectivity index (χ1n) is 5.64. The molecule has 1 aliphatic rings. The molecule has 5 heteroatoms. The summed E-state index contributed by atoms with van der Waals surface area (Å²) in [6.45, 7) is 3.22. The SMILES string of the molecule is Cc1ccc([N+](=O)[O-])c(C(=O)N2CCCC2)c1. The van der Waals surface area contributed by atoms with E-state index in [0.717, 1.165) is 18.4 Å². The normalized spacial score (nSPS) is 15.0. The van der Waals surface area contributed by atoms with Crippen LogP contribution in [0, 0.1) is 17.0 Å². The van der Waals surface area contributed by atoms with Gasteiger partial charge in [-0.1, -0.05) is 6.07 Å². The molecule has 5 nitrogen and oxygen atoms in total. The highest BCUT2D eigenvalue weighted by atomic mass is 16.6. The van der Waals surface area contributed by atoms with Crippen molar-refractivity contribution in [3.8, 4) is 0 Å². The molecule has 1 saturated heterocycles. The summed E-state index contributed by atoms with van der Waals surface area (Å²) in [6.07, 6.45) is 1.96. The van der Waals surface area contributed by atoms with E-state index in [2.05, 4.69) is 0 Å². The summed E-state index contributed by atoms with van der Waals surface area (Å²) in [7, 11) is 0. The fourth-order valence-electron chi connectivity index (χ4n) is 2.07. The molecule has 1 amide bonds. The minimum Gasteiger partial charge on any atom is -0.338 e. The van der Waals surface area contributed by atoms with Crippen molar-refractivity contribution in [1.82, 2.24) is 4.90 Å². The zero-order valence-electron chi connectivity index (χ0n) is 9.68. The second-order valence-corrected chi connectivity index (χ2v) is 4.28. The summed E-state index contributed by atoms with van der Waals surface area (Å²) in [4.78, 5) is 24.2.